The van der Waals surface area contributed by atoms with E-state index in [1.807, 2.05) is 0 Å². The van der Waals surface area contributed by atoms with Gasteiger partial charge in [-0.2, -0.15) is 0 Å². The summed E-state index contributed by atoms with van der Waals surface area (Å²) in [6, 6.07) is 0.330. The topological polar surface area (TPSA) is 26.0 Å². The Kier molecular flexibility index (Phi) is 8.03. The number of nitrogens with two attached hydrogens (primary N) is 1. The Labute approximate surface area is 71.4 Å². The van der Waals surface area contributed by atoms with Gasteiger partial charge in [0, 0.05) is 6.04 Å². The van der Waals surface area contributed by atoms with Crippen LogP contribution in [0.5, 0.6) is 0 Å². The smallest absolute Gasteiger partial charge is 0.00677 e. The van der Waals surface area contributed by atoms with Gasteiger partial charge in [-0.15, -0.1) is 0 Å². The lowest BCUT2D eigenvalue weighted by molar-refractivity contribution is 0.621. The third-order valence-corrected chi connectivity index (χ3v) is 2.00. The molecule has 0 saturated carbocycles. The molecule has 0 amide bonds. The summed E-state index contributed by atoms with van der Waals surface area (Å²) in [5.41, 5.74) is 5.73. The van der Waals surface area contributed by atoms with Crippen LogP contribution < -0.4 is 5.73 Å². The molecule has 0 saturated heterocycles. The molecule has 1 unspecified atom stereocenters. The lowest BCUT2D eigenvalue weighted by Gasteiger charge is -2.06. The third-order valence-electron chi connectivity index (χ3n) is 2.00. The molecule has 0 heterocycles. The summed E-state index contributed by atoms with van der Waals surface area (Å²) in [7, 11) is 0. The highest BCUT2D eigenvalue weighted by Gasteiger charge is 1.97. The second-order valence-corrected chi connectivity index (χ2v) is 3.16. The van der Waals surface area contributed by atoms with E-state index in [1.54, 1.807) is 0 Å². The van der Waals surface area contributed by atoms with Crippen molar-refractivity contribution in [2.75, 3.05) is 0 Å². The van der Waals surface area contributed by atoms with Crippen LogP contribution in [0.15, 0.2) is 0 Å². The molecular formula is C10H22N. The first-order valence-electron chi connectivity index (χ1n) is 4.90. The average molecular weight is 156 g/mol. The maximum Gasteiger partial charge on any atom is 0.00677 e. The van der Waals surface area contributed by atoms with E-state index in [2.05, 4.69) is 20.3 Å². The van der Waals surface area contributed by atoms with Crippen LogP contribution in [0, 0.1) is 6.42 Å². The predicted octanol–water partition coefficient (Wildman–Crippen LogP) is 2.90. The fraction of sp³-hybridized carbons (Fsp3) is 0.900. The zero-order chi connectivity index (χ0) is 8.53. The fourth-order valence-corrected chi connectivity index (χ4v) is 1.07. The van der Waals surface area contributed by atoms with E-state index in [1.165, 1.54) is 32.1 Å². The van der Waals surface area contributed by atoms with E-state index < -0.39 is 0 Å². The minimum atomic E-state index is 0.330. The highest BCUT2D eigenvalue weighted by atomic mass is 14.6. The van der Waals surface area contributed by atoms with Crippen LogP contribution in [0.1, 0.15) is 52.4 Å². The van der Waals surface area contributed by atoms with Crippen LogP contribution in [0.4, 0.5) is 0 Å². The molecule has 0 bridgehead atoms. The van der Waals surface area contributed by atoms with Crippen molar-refractivity contribution >= 4 is 0 Å². The standard InChI is InChI=1S/C10H22N/c1-3-5-6-7-8-9-10(11)4-2/h9-10H,3-8,11H2,1-2H3. The van der Waals surface area contributed by atoms with Gasteiger partial charge >= 0.3 is 0 Å². The SMILES string of the molecule is CCCCCC[CH]C(N)CC. The highest BCUT2D eigenvalue weighted by molar-refractivity contribution is 4.77. The zero-order valence-corrected chi connectivity index (χ0v) is 7.97. The summed E-state index contributed by atoms with van der Waals surface area (Å²) in [5.74, 6) is 0. The molecule has 1 atom stereocenters. The number of rotatable bonds is 7. The molecule has 0 aliphatic heterocycles. The third kappa shape index (κ3) is 7.86. The van der Waals surface area contributed by atoms with Crippen LogP contribution in [-0.2, 0) is 0 Å². The van der Waals surface area contributed by atoms with E-state index in [0.717, 1.165) is 6.42 Å². The molecule has 2 N–H and O–H groups in total. The Hall–Kier alpha value is -0.0400. The molecule has 67 valence electrons. The molecule has 1 nitrogen and oxygen atoms in total. The molecule has 0 spiro atoms. The summed E-state index contributed by atoms with van der Waals surface area (Å²) < 4.78 is 0. The number of unbranched alkanes of at least 4 members (excludes halogenated alkanes) is 4. The van der Waals surface area contributed by atoms with E-state index in [9.17, 15) is 0 Å². The van der Waals surface area contributed by atoms with E-state index in [4.69, 9.17) is 5.73 Å². The number of hydrogen-bond donors (Lipinski definition) is 1. The molecule has 1 heteroatoms. The molecule has 0 aliphatic rings. The monoisotopic (exact) mass is 156 g/mol. The second kappa shape index (κ2) is 8.06. The Balaban J connectivity index is 2.89. The average Bonchev–Trinajstić information content (AvgIpc) is 2.04. The van der Waals surface area contributed by atoms with Gasteiger partial charge in [0.2, 0.25) is 0 Å². The van der Waals surface area contributed by atoms with Gasteiger partial charge < -0.3 is 5.73 Å². The Morgan fingerprint density at radius 3 is 2.45 bits per heavy atom. The van der Waals surface area contributed by atoms with Gasteiger partial charge in [-0.1, -0.05) is 39.5 Å². The lowest BCUT2D eigenvalue weighted by Crippen LogP contribution is -2.18. The summed E-state index contributed by atoms with van der Waals surface area (Å²) >= 11 is 0. The minimum absolute atomic E-state index is 0.330. The quantitative estimate of drug-likeness (QED) is 0.563. The van der Waals surface area contributed by atoms with E-state index in [0.29, 0.717) is 6.04 Å². The molecule has 0 aromatic rings. The maximum absolute atomic E-state index is 5.73. The molecule has 0 aliphatic carbocycles. The number of hydrogen-bond acceptors (Lipinski definition) is 1. The van der Waals surface area contributed by atoms with Crippen molar-refractivity contribution in [1.82, 2.24) is 0 Å². The molecule has 11 heavy (non-hydrogen) atoms. The maximum atomic E-state index is 5.73. The summed E-state index contributed by atoms with van der Waals surface area (Å²) in [6.45, 7) is 4.37. The largest absolute Gasteiger partial charge is 0.327 e. The summed E-state index contributed by atoms with van der Waals surface area (Å²) in [4.78, 5) is 0. The predicted molar refractivity (Wildman–Crippen MR) is 51.3 cm³/mol. The molecule has 1 radical (unpaired) electrons. The Morgan fingerprint density at radius 2 is 1.91 bits per heavy atom. The van der Waals surface area contributed by atoms with Crippen molar-refractivity contribution in [3.8, 4) is 0 Å². The van der Waals surface area contributed by atoms with Crippen molar-refractivity contribution in [1.29, 1.82) is 0 Å². The van der Waals surface area contributed by atoms with Crippen LogP contribution >= 0.6 is 0 Å². The van der Waals surface area contributed by atoms with Gasteiger partial charge in [-0.25, -0.2) is 0 Å². The summed E-state index contributed by atoms with van der Waals surface area (Å²) in [5, 5.41) is 0. The lowest BCUT2D eigenvalue weighted by atomic mass is 10.1. The first-order chi connectivity index (χ1) is 5.31. The Bertz CT molecular complexity index is 71.3. The van der Waals surface area contributed by atoms with Gasteiger partial charge in [0.15, 0.2) is 0 Å². The van der Waals surface area contributed by atoms with Crippen molar-refractivity contribution in [2.45, 2.75) is 58.4 Å². The summed E-state index contributed by atoms with van der Waals surface area (Å²) in [6.07, 6.45) is 9.90. The minimum Gasteiger partial charge on any atom is -0.327 e. The van der Waals surface area contributed by atoms with Gasteiger partial charge in [-0.3, -0.25) is 0 Å². The molecule has 0 rings (SSSR count). The van der Waals surface area contributed by atoms with Crippen LogP contribution in [0.2, 0.25) is 0 Å². The van der Waals surface area contributed by atoms with Crippen molar-refractivity contribution < 1.29 is 0 Å². The highest BCUT2D eigenvalue weighted by Crippen LogP contribution is 2.06. The first-order valence-corrected chi connectivity index (χ1v) is 4.90. The molecule has 0 aromatic carbocycles. The van der Waals surface area contributed by atoms with Gasteiger partial charge in [0.1, 0.15) is 0 Å². The van der Waals surface area contributed by atoms with Gasteiger partial charge in [0.25, 0.3) is 0 Å². The van der Waals surface area contributed by atoms with Crippen LogP contribution in [0.3, 0.4) is 0 Å². The van der Waals surface area contributed by atoms with E-state index in [-0.39, 0.29) is 0 Å². The van der Waals surface area contributed by atoms with Crippen LogP contribution in [0.25, 0.3) is 0 Å². The van der Waals surface area contributed by atoms with Gasteiger partial charge in [0.05, 0.1) is 0 Å². The first kappa shape index (κ1) is 11.0. The van der Waals surface area contributed by atoms with E-state index >= 15 is 0 Å². The molecule has 0 fully saturated rings. The fourth-order valence-electron chi connectivity index (χ4n) is 1.07. The van der Waals surface area contributed by atoms with Crippen molar-refractivity contribution in [2.24, 2.45) is 5.73 Å². The zero-order valence-electron chi connectivity index (χ0n) is 7.97. The normalized spacial score (nSPS) is 13.4. The molecular weight excluding hydrogens is 134 g/mol. The van der Waals surface area contributed by atoms with Crippen molar-refractivity contribution in [3.05, 3.63) is 6.42 Å². The van der Waals surface area contributed by atoms with Crippen molar-refractivity contribution in [3.63, 3.8) is 0 Å². The Morgan fingerprint density at radius 1 is 1.18 bits per heavy atom. The van der Waals surface area contributed by atoms with Crippen LogP contribution in [-0.4, -0.2) is 6.04 Å². The molecule has 0 aromatic heterocycles. The van der Waals surface area contributed by atoms with Gasteiger partial charge in [-0.05, 0) is 19.3 Å². The second-order valence-electron chi connectivity index (χ2n) is 3.16.